The molecule has 2 heterocycles. The number of carbonyl (C=O) groups is 2. The standard InChI is InChI=1S/C26H47N3O10Si/c1-13(2)26(7,8)40(9,10)39-24-20(28-29-27)14(3)22(19(37-24)12-34-16(5)31)38-25-23(35-17(6)32)15(4)21(33)18(11-30)36-25/h13-15,18-25,30,33H,11-12H2,1-10H3/t14-,15+,18?,19?,20?,21+,22+,23?,24+,25+/m1/s1. The lowest BCUT2D eigenvalue weighted by molar-refractivity contribution is -0.331. The molecule has 40 heavy (non-hydrogen) atoms. The lowest BCUT2D eigenvalue weighted by Gasteiger charge is -2.50. The fourth-order valence-electron chi connectivity index (χ4n) is 4.99. The molecule has 13 nitrogen and oxygen atoms in total. The van der Waals surface area contributed by atoms with E-state index >= 15 is 0 Å². The third kappa shape index (κ3) is 7.74. The minimum atomic E-state index is -2.48. The molecule has 0 radical (unpaired) electrons. The molecule has 230 valence electrons. The maximum Gasteiger partial charge on any atom is 0.303 e. The summed E-state index contributed by atoms with van der Waals surface area (Å²) in [5.74, 6) is -1.99. The fourth-order valence-corrected chi connectivity index (χ4v) is 7.46. The summed E-state index contributed by atoms with van der Waals surface area (Å²) in [4.78, 5) is 26.7. The van der Waals surface area contributed by atoms with Crippen LogP contribution in [0.15, 0.2) is 5.11 Å². The van der Waals surface area contributed by atoms with Crippen LogP contribution in [0.3, 0.4) is 0 Å². The van der Waals surface area contributed by atoms with Crippen LogP contribution in [0.5, 0.6) is 0 Å². The quantitative estimate of drug-likeness (QED) is 0.119. The lowest BCUT2D eigenvalue weighted by Crippen LogP contribution is -2.62. The molecule has 0 bridgehead atoms. The third-order valence-corrected chi connectivity index (χ3v) is 13.3. The smallest absolute Gasteiger partial charge is 0.303 e. The number of esters is 2. The summed E-state index contributed by atoms with van der Waals surface area (Å²) < 4.78 is 35.9. The number of hydrogen-bond donors (Lipinski definition) is 2. The summed E-state index contributed by atoms with van der Waals surface area (Å²) in [5.41, 5.74) is 9.43. The first-order valence-electron chi connectivity index (χ1n) is 13.8. The van der Waals surface area contributed by atoms with Crippen molar-refractivity contribution in [2.75, 3.05) is 13.2 Å². The van der Waals surface area contributed by atoms with Crippen LogP contribution in [0.25, 0.3) is 10.4 Å². The first-order valence-corrected chi connectivity index (χ1v) is 16.7. The van der Waals surface area contributed by atoms with Crippen LogP contribution < -0.4 is 0 Å². The van der Waals surface area contributed by atoms with Gasteiger partial charge in [0.15, 0.2) is 27.0 Å². The van der Waals surface area contributed by atoms with Crippen molar-refractivity contribution in [2.45, 2.75) is 123 Å². The van der Waals surface area contributed by atoms with Gasteiger partial charge >= 0.3 is 11.9 Å². The Kier molecular flexibility index (Phi) is 12.0. The van der Waals surface area contributed by atoms with Crippen LogP contribution in [0.1, 0.15) is 55.4 Å². The second kappa shape index (κ2) is 13.9. The summed E-state index contributed by atoms with van der Waals surface area (Å²) in [6.45, 7) is 18.0. The van der Waals surface area contributed by atoms with Crippen LogP contribution in [0, 0.1) is 17.8 Å². The van der Waals surface area contributed by atoms with Crippen LogP contribution in [0.2, 0.25) is 18.1 Å². The van der Waals surface area contributed by atoms with E-state index in [1.165, 1.54) is 13.8 Å². The highest BCUT2D eigenvalue weighted by Gasteiger charge is 2.53. The van der Waals surface area contributed by atoms with Gasteiger partial charge in [-0.3, -0.25) is 9.59 Å². The fraction of sp³-hybridized carbons (Fsp3) is 0.923. The second-order valence-electron chi connectivity index (χ2n) is 12.2. The maximum absolute atomic E-state index is 11.9. The first-order chi connectivity index (χ1) is 18.5. The Labute approximate surface area is 237 Å². The van der Waals surface area contributed by atoms with Gasteiger partial charge in [-0.1, -0.05) is 46.7 Å². The van der Waals surface area contributed by atoms with Gasteiger partial charge in [-0.2, -0.15) is 0 Å². The molecule has 0 spiro atoms. The van der Waals surface area contributed by atoms with Gasteiger partial charge in [0.05, 0.1) is 24.9 Å². The molecule has 0 saturated carbocycles. The van der Waals surface area contributed by atoms with Crippen LogP contribution in [-0.2, 0) is 37.7 Å². The van der Waals surface area contributed by atoms with Gasteiger partial charge in [0.2, 0.25) is 0 Å². The molecule has 0 aliphatic carbocycles. The maximum atomic E-state index is 11.9. The number of carbonyl (C=O) groups excluding carboxylic acids is 2. The zero-order valence-electron chi connectivity index (χ0n) is 25.3. The normalized spacial score (nSPS) is 35.1. The van der Waals surface area contributed by atoms with Gasteiger partial charge < -0.3 is 38.3 Å². The largest absolute Gasteiger partial charge is 0.463 e. The highest BCUT2D eigenvalue weighted by Crippen LogP contribution is 2.46. The minimum absolute atomic E-state index is 0.164. The summed E-state index contributed by atoms with van der Waals surface area (Å²) in [5, 5.41) is 24.2. The van der Waals surface area contributed by atoms with Crippen molar-refractivity contribution in [1.29, 1.82) is 0 Å². The van der Waals surface area contributed by atoms with Gasteiger partial charge in [0.1, 0.15) is 18.8 Å². The molecule has 14 heteroatoms. The number of aliphatic hydroxyl groups is 2. The number of azide groups is 1. The summed E-state index contributed by atoms with van der Waals surface area (Å²) in [7, 11) is -2.48. The zero-order chi connectivity index (χ0) is 30.6. The van der Waals surface area contributed by atoms with Gasteiger partial charge in [0.25, 0.3) is 0 Å². The van der Waals surface area contributed by atoms with Crippen molar-refractivity contribution < 1.29 is 47.9 Å². The van der Waals surface area contributed by atoms with Crippen LogP contribution in [0.4, 0.5) is 0 Å². The lowest BCUT2D eigenvalue weighted by atomic mass is 9.88. The van der Waals surface area contributed by atoms with Crippen molar-refractivity contribution in [3.63, 3.8) is 0 Å². The highest BCUT2D eigenvalue weighted by atomic mass is 28.4. The molecule has 2 N–H and O–H groups in total. The molecule has 0 aromatic rings. The van der Waals surface area contributed by atoms with Crippen LogP contribution in [-0.4, -0.2) is 92.8 Å². The molecule has 2 rings (SSSR count). The highest BCUT2D eigenvalue weighted by molar-refractivity contribution is 6.74. The Balaban J connectivity index is 2.46. The molecule has 10 atom stereocenters. The van der Waals surface area contributed by atoms with E-state index < -0.39 is 87.8 Å². The average Bonchev–Trinajstić information content (AvgIpc) is 2.85. The van der Waals surface area contributed by atoms with Crippen molar-refractivity contribution >= 4 is 20.3 Å². The topological polar surface area (TPSA) is 179 Å². The van der Waals surface area contributed by atoms with Gasteiger partial charge in [-0.15, -0.1) is 0 Å². The van der Waals surface area contributed by atoms with E-state index in [-0.39, 0.29) is 11.6 Å². The van der Waals surface area contributed by atoms with Gasteiger partial charge in [-0.25, -0.2) is 0 Å². The van der Waals surface area contributed by atoms with Crippen molar-refractivity contribution in [1.82, 2.24) is 0 Å². The van der Waals surface area contributed by atoms with Crippen LogP contribution >= 0.6 is 0 Å². The average molecular weight is 590 g/mol. The van der Waals surface area contributed by atoms with E-state index in [1.54, 1.807) is 13.8 Å². The number of aliphatic hydroxyl groups excluding tert-OH is 2. The molecular formula is C26H47N3O10Si. The van der Waals surface area contributed by atoms with E-state index in [0.717, 1.165) is 0 Å². The Morgan fingerprint density at radius 3 is 2.15 bits per heavy atom. The molecule has 2 saturated heterocycles. The van der Waals surface area contributed by atoms with Crippen molar-refractivity contribution in [3.05, 3.63) is 10.4 Å². The number of hydrogen-bond acceptors (Lipinski definition) is 11. The molecule has 2 fully saturated rings. The third-order valence-electron chi connectivity index (χ3n) is 8.84. The Morgan fingerprint density at radius 1 is 1.05 bits per heavy atom. The SMILES string of the molecule is CC(=O)OCC1O[C@@H](O[Si](C)(C)C(C)(C)C(C)C)C(N=[N+]=[N-])[C@@H](C)[C@@H]1O[C@@H]1OC(CO)[C@@H](O)[C@H](C)C1OC(C)=O. The molecule has 4 unspecified atom stereocenters. The Hall–Kier alpha value is -1.77. The molecule has 0 amide bonds. The van der Waals surface area contributed by atoms with Gasteiger partial charge in [0, 0.05) is 24.7 Å². The monoisotopic (exact) mass is 589 g/mol. The molecule has 2 aliphatic rings. The second-order valence-corrected chi connectivity index (χ2v) is 16.7. The molecule has 2 aliphatic heterocycles. The predicted molar refractivity (Wildman–Crippen MR) is 146 cm³/mol. The molecule has 0 aromatic carbocycles. The Bertz CT molecular complexity index is 928. The summed E-state index contributed by atoms with van der Waals surface area (Å²) in [6.07, 6.45) is -7.00. The summed E-state index contributed by atoms with van der Waals surface area (Å²) >= 11 is 0. The number of ether oxygens (including phenoxy) is 5. The van der Waals surface area contributed by atoms with E-state index in [1.807, 2.05) is 0 Å². The predicted octanol–water partition coefficient (Wildman–Crippen LogP) is 3.28. The number of nitrogens with zero attached hydrogens (tertiary/aromatic N) is 3. The van der Waals surface area contributed by atoms with E-state index in [4.69, 9.17) is 28.1 Å². The molecular weight excluding hydrogens is 542 g/mol. The zero-order valence-corrected chi connectivity index (χ0v) is 26.3. The minimum Gasteiger partial charge on any atom is -0.463 e. The first kappa shape index (κ1) is 34.4. The van der Waals surface area contributed by atoms with Gasteiger partial charge in [-0.05, 0) is 35.5 Å². The Morgan fingerprint density at radius 2 is 1.65 bits per heavy atom. The van der Waals surface area contributed by atoms with E-state index in [0.29, 0.717) is 5.92 Å². The van der Waals surface area contributed by atoms with E-state index in [2.05, 4.69) is 50.8 Å². The number of rotatable bonds is 11. The van der Waals surface area contributed by atoms with Crippen molar-refractivity contribution in [2.24, 2.45) is 22.9 Å². The summed E-state index contributed by atoms with van der Waals surface area (Å²) in [6, 6.07) is -0.814. The van der Waals surface area contributed by atoms with Crippen molar-refractivity contribution in [3.8, 4) is 0 Å². The molecule has 0 aromatic heterocycles. The van der Waals surface area contributed by atoms with E-state index in [9.17, 15) is 25.3 Å².